The number of hydrogen-bond donors (Lipinski definition) is 0. The van der Waals surface area contributed by atoms with E-state index in [2.05, 4.69) is 66.7 Å². The zero-order chi connectivity index (χ0) is 33.2. The van der Waals surface area contributed by atoms with Crippen LogP contribution in [0.1, 0.15) is 5.48 Å². The van der Waals surface area contributed by atoms with Crippen LogP contribution in [0.25, 0.3) is 88.0 Å². The van der Waals surface area contributed by atoms with Crippen molar-refractivity contribution in [2.45, 2.75) is 0 Å². The van der Waals surface area contributed by atoms with Crippen molar-refractivity contribution in [1.29, 1.82) is 0 Å². The molecular formula is C44H28O. The molecule has 0 saturated carbocycles. The summed E-state index contributed by atoms with van der Waals surface area (Å²) in [6.45, 7) is 0. The molecule has 1 nitrogen and oxygen atoms in total. The number of fused-ring (bicyclic) bond motifs is 5. The highest BCUT2D eigenvalue weighted by atomic mass is 16.3. The van der Waals surface area contributed by atoms with Gasteiger partial charge in [-0.2, -0.15) is 0 Å². The first-order valence-electron chi connectivity index (χ1n) is 17.1. The first-order chi connectivity index (χ1) is 24.0. The molecule has 0 aliphatic carbocycles. The Morgan fingerprint density at radius 3 is 1.47 bits per heavy atom. The van der Waals surface area contributed by atoms with Gasteiger partial charge in [0.15, 0.2) is 0 Å². The molecule has 1 aromatic heterocycles. The maximum atomic E-state index is 9.35. The molecule has 9 rings (SSSR count). The molecule has 0 aliphatic rings. The van der Waals surface area contributed by atoms with Gasteiger partial charge in [0.05, 0.1) is 5.48 Å². The minimum atomic E-state index is -0.252. The number of rotatable bonds is 4. The number of furan rings is 1. The zero-order valence-electron chi connectivity index (χ0n) is 28.3. The van der Waals surface area contributed by atoms with Gasteiger partial charge in [-0.05, 0) is 72.6 Å². The lowest BCUT2D eigenvalue weighted by atomic mass is 9.81. The largest absolute Gasteiger partial charge is 0.456 e. The average Bonchev–Trinajstić information content (AvgIpc) is 3.54. The molecule has 0 N–H and O–H groups in total. The highest BCUT2D eigenvalue weighted by Crippen LogP contribution is 2.50. The van der Waals surface area contributed by atoms with Gasteiger partial charge in [-0.15, -0.1) is 0 Å². The van der Waals surface area contributed by atoms with Gasteiger partial charge in [-0.3, -0.25) is 0 Å². The van der Waals surface area contributed by atoms with Crippen molar-refractivity contribution < 1.29 is 9.90 Å². The van der Waals surface area contributed by atoms with Gasteiger partial charge in [0.1, 0.15) is 11.2 Å². The monoisotopic (exact) mass is 576 g/mol. The van der Waals surface area contributed by atoms with E-state index in [0.29, 0.717) is 11.1 Å². The van der Waals surface area contributed by atoms with Crippen molar-refractivity contribution in [1.82, 2.24) is 0 Å². The minimum Gasteiger partial charge on any atom is -0.456 e. The van der Waals surface area contributed by atoms with Crippen LogP contribution in [0.3, 0.4) is 0 Å². The summed E-state index contributed by atoms with van der Waals surface area (Å²) in [6.07, 6.45) is 0. The van der Waals surface area contributed by atoms with E-state index in [1.54, 1.807) is 0 Å². The lowest BCUT2D eigenvalue weighted by Gasteiger charge is -2.21. The molecule has 210 valence electrons. The van der Waals surface area contributed by atoms with Crippen LogP contribution in [-0.2, 0) is 0 Å². The first-order valence-corrected chi connectivity index (χ1v) is 15.1. The van der Waals surface area contributed by atoms with Crippen LogP contribution in [0.15, 0.2) is 174 Å². The van der Waals surface area contributed by atoms with Gasteiger partial charge >= 0.3 is 0 Å². The quantitative estimate of drug-likeness (QED) is 0.190. The normalized spacial score (nSPS) is 12.8. The summed E-state index contributed by atoms with van der Waals surface area (Å²) in [6, 6.07) is 48.2. The minimum absolute atomic E-state index is 0.0552. The van der Waals surface area contributed by atoms with Crippen LogP contribution < -0.4 is 0 Å². The predicted octanol–water partition coefficient (Wildman–Crippen LogP) is 12.6. The highest BCUT2D eigenvalue weighted by molar-refractivity contribution is 6.28. The summed E-state index contributed by atoms with van der Waals surface area (Å²) >= 11 is 0. The number of hydrogen-bond acceptors (Lipinski definition) is 1. The van der Waals surface area contributed by atoms with E-state index < -0.39 is 0 Å². The molecule has 0 bridgehead atoms. The molecule has 1 heteroatoms. The van der Waals surface area contributed by atoms with E-state index in [1.807, 2.05) is 78.9 Å². The third kappa shape index (κ3) is 4.02. The van der Waals surface area contributed by atoms with Crippen molar-refractivity contribution in [2.75, 3.05) is 0 Å². The standard InChI is InChI=1S/C44H28O/c1-3-15-29(16-4-1)31-19-7-8-20-33(31)41-34-21-9-11-23-36(34)42(37-24-12-10-22-35(37)41)44-32(30-17-5-2-6-18-30)27-28-40-43(44)38-25-13-14-26-39(38)45-40/h1-28H/i7D,8D,19D,20D. The molecule has 0 unspecified atom stereocenters. The topological polar surface area (TPSA) is 13.1 Å². The van der Waals surface area contributed by atoms with Crippen LogP contribution >= 0.6 is 0 Å². The van der Waals surface area contributed by atoms with Crippen molar-refractivity contribution in [3.8, 4) is 44.5 Å². The molecule has 0 spiro atoms. The molecule has 0 fully saturated rings. The van der Waals surface area contributed by atoms with Gasteiger partial charge in [-0.1, -0.05) is 158 Å². The Hall–Kier alpha value is -5.92. The van der Waals surface area contributed by atoms with E-state index in [1.165, 1.54) is 0 Å². The molecule has 0 amide bonds. The van der Waals surface area contributed by atoms with Crippen molar-refractivity contribution in [3.63, 3.8) is 0 Å². The van der Waals surface area contributed by atoms with Crippen LogP contribution in [0.4, 0.5) is 0 Å². The number of benzene rings is 8. The van der Waals surface area contributed by atoms with Crippen molar-refractivity contribution in [3.05, 3.63) is 170 Å². The molecule has 45 heavy (non-hydrogen) atoms. The second kappa shape index (κ2) is 10.4. The molecular weight excluding hydrogens is 544 g/mol. The second-order valence-electron chi connectivity index (χ2n) is 11.3. The Balaban J connectivity index is 1.52. The molecule has 9 aromatic rings. The summed E-state index contributed by atoms with van der Waals surface area (Å²) in [4.78, 5) is 0. The van der Waals surface area contributed by atoms with Gasteiger partial charge in [0, 0.05) is 16.3 Å². The van der Waals surface area contributed by atoms with Crippen LogP contribution in [-0.4, -0.2) is 0 Å². The third-order valence-corrected chi connectivity index (χ3v) is 8.81. The summed E-state index contributed by atoms with van der Waals surface area (Å²) in [5.41, 5.74) is 8.40. The smallest absolute Gasteiger partial charge is 0.136 e. The average molecular weight is 577 g/mol. The van der Waals surface area contributed by atoms with Crippen LogP contribution in [0.5, 0.6) is 0 Å². The zero-order valence-corrected chi connectivity index (χ0v) is 24.3. The SMILES string of the molecule is [2H]c1c([2H])c([2H])c(-c2c3ccccc3c(-c3c(-c4ccccc4)ccc4oc5ccccc5c34)c3ccccc23)c(-c2ccccc2)c1[2H]. The van der Waals surface area contributed by atoms with E-state index in [-0.39, 0.29) is 24.2 Å². The maximum Gasteiger partial charge on any atom is 0.136 e. The van der Waals surface area contributed by atoms with Crippen molar-refractivity contribution >= 4 is 43.5 Å². The van der Waals surface area contributed by atoms with Gasteiger partial charge < -0.3 is 4.42 Å². The second-order valence-corrected chi connectivity index (χ2v) is 11.3. The molecule has 0 atom stereocenters. The van der Waals surface area contributed by atoms with E-state index in [0.717, 1.165) is 76.9 Å². The van der Waals surface area contributed by atoms with Gasteiger partial charge in [0.25, 0.3) is 0 Å². The molecule has 0 radical (unpaired) electrons. The molecule has 8 aromatic carbocycles. The molecule has 0 saturated heterocycles. The number of para-hydroxylation sites is 1. The predicted molar refractivity (Wildman–Crippen MR) is 190 cm³/mol. The molecule has 0 aliphatic heterocycles. The summed E-state index contributed by atoms with van der Waals surface area (Å²) in [5, 5.41) is 5.84. The van der Waals surface area contributed by atoms with Gasteiger partial charge in [0.2, 0.25) is 0 Å². The fourth-order valence-electron chi connectivity index (χ4n) is 6.92. The lowest BCUT2D eigenvalue weighted by molar-refractivity contribution is 0.669. The van der Waals surface area contributed by atoms with Crippen LogP contribution in [0.2, 0.25) is 0 Å². The van der Waals surface area contributed by atoms with E-state index in [4.69, 9.17) is 8.53 Å². The molecule has 1 heterocycles. The summed E-state index contributed by atoms with van der Waals surface area (Å²) in [7, 11) is 0. The Morgan fingerprint density at radius 1 is 0.356 bits per heavy atom. The van der Waals surface area contributed by atoms with Crippen molar-refractivity contribution in [2.24, 2.45) is 0 Å². The van der Waals surface area contributed by atoms with E-state index in [9.17, 15) is 1.37 Å². The van der Waals surface area contributed by atoms with Gasteiger partial charge in [-0.25, -0.2) is 0 Å². The Kier molecular flexibility index (Phi) is 5.00. The summed E-state index contributed by atoms with van der Waals surface area (Å²) < 4.78 is 42.4. The highest BCUT2D eigenvalue weighted by Gasteiger charge is 2.24. The Bertz CT molecular complexity index is 2690. The summed E-state index contributed by atoms with van der Waals surface area (Å²) in [5.74, 6) is 0. The lowest BCUT2D eigenvalue weighted by Crippen LogP contribution is -1.94. The Labute approximate surface area is 267 Å². The first kappa shape index (κ1) is 21.7. The van der Waals surface area contributed by atoms with Crippen LogP contribution in [0, 0.1) is 0 Å². The maximum absolute atomic E-state index is 9.35. The fourth-order valence-corrected chi connectivity index (χ4v) is 6.92. The van der Waals surface area contributed by atoms with E-state index >= 15 is 0 Å². The fraction of sp³-hybridized carbons (Fsp3) is 0. The third-order valence-electron chi connectivity index (χ3n) is 8.81. The Morgan fingerprint density at radius 2 is 0.844 bits per heavy atom.